The van der Waals surface area contributed by atoms with Crippen LogP contribution in [0.25, 0.3) is 0 Å². The first-order valence-corrected chi connectivity index (χ1v) is 6.25. The molecule has 0 aliphatic carbocycles. The molecule has 5 heteroatoms. The first-order chi connectivity index (χ1) is 8.28. The van der Waals surface area contributed by atoms with Crippen LogP contribution in [0.5, 0.6) is 0 Å². The van der Waals surface area contributed by atoms with E-state index in [1.807, 2.05) is 19.3 Å². The Morgan fingerprint density at radius 1 is 1.35 bits per heavy atom. The van der Waals surface area contributed by atoms with Gasteiger partial charge in [0, 0.05) is 44.6 Å². The Morgan fingerprint density at radius 3 is 2.59 bits per heavy atom. The fraction of sp³-hybridized carbons (Fsp3) is 0.667. The van der Waals surface area contributed by atoms with E-state index in [-0.39, 0.29) is 0 Å². The zero-order chi connectivity index (χ0) is 12.1. The third kappa shape index (κ3) is 3.64. The number of nitrogens with two attached hydrogens (primary N) is 1. The first-order valence-electron chi connectivity index (χ1n) is 6.25. The number of aryl methyl sites for hydroxylation is 1. The number of hydrogen-bond acceptors (Lipinski definition) is 5. The molecule has 0 bridgehead atoms. The summed E-state index contributed by atoms with van der Waals surface area (Å²) in [7, 11) is 0. The standard InChI is InChI=1S/C12H21N5/c1-10-8-14-12(15-9-10)16-11-2-5-17(6-3-11)7-4-13/h8-9,11H,2-7,13H2,1H3,(H,14,15,16). The predicted octanol–water partition coefficient (Wildman–Crippen LogP) is 0.620. The molecule has 2 heterocycles. The van der Waals surface area contributed by atoms with Gasteiger partial charge in [-0.05, 0) is 25.3 Å². The Morgan fingerprint density at radius 2 is 2.00 bits per heavy atom. The number of aromatic nitrogens is 2. The third-order valence-corrected chi connectivity index (χ3v) is 3.15. The average molecular weight is 235 g/mol. The minimum atomic E-state index is 0.492. The SMILES string of the molecule is Cc1cnc(NC2CCN(CCN)CC2)nc1. The van der Waals surface area contributed by atoms with Gasteiger partial charge in [0.2, 0.25) is 5.95 Å². The van der Waals surface area contributed by atoms with Gasteiger partial charge in [0.15, 0.2) is 0 Å². The highest BCUT2D eigenvalue weighted by Gasteiger charge is 2.18. The Hall–Kier alpha value is -1.20. The van der Waals surface area contributed by atoms with Gasteiger partial charge < -0.3 is 16.0 Å². The molecule has 5 nitrogen and oxygen atoms in total. The van der Waals surface area contributed by atoms with Gasteiger partial charge in [0.25, 0.3) is 0 Å². The number of nitrogens with zero attached hydrogens (tertiary/aromatic N) is 3. The van der Waals surface area contributed by atoms with Crippen molar-refractivity contribution in [1.29, 1.82) is 0 Å². The lowest BCUT2D eigenvalue weighted by molar-refractivity contribution is 0.224. The highest BCUT2D eigenvalue weighted by molar-refractivity contribution is 5.26. The minimum absolute atomic E-state index is 0.492. The topological polar surface area (TPSA) is 67.1 Å². The molecule has 17 heavy (non-hydrogen) atoms. The van der Waals surface area contributed by atoms with Crippen LogP contribution in [0.2, 0.25) is 0 Å². The summed E-state index contributed by atoms with van der Waals surface area (Å²) in [6.45, 7) is 5.98. The largest absolute Gasteiger partial charge is 0.351 e. The van der Waals surface area contributed by atoms with Crippen molar-refractivity contribution in [3.63, 3.8) is 0 Å². The summed E-state index contributed by atoms with van der Waals surface area (Å²) in [6, 6.07) is 0.492. The van der Waals surface area contributed by atoms with Crippen molar-refractivity contribution in [2.45, 2.75) is 25.8 Å². The first kappa shape index (κ1) is 12.3. The fourth-order valence-electron chi connectivity index (χ4n) is 2.13. The van der Waals surface area contributed by atoms with Crippen molar-refractivity contribution in [2.75, 3.05) is 31.5 Å². The molecule has 1 aromatic heterocycles. The Balaban J connectivity index is 1.79. The van der Waals surface area contributed by atoms with E-state index in [0.29, 0.717) is 6.04 Å². The van der Waals surface area contributed by atoms with E-state index >= 15 is 0 Å². The molecule has 0 saturated carbocycles. The summed E-state index contributed by atoms with van der Waals surface area (Å²) in [5.74, 6) is 0.743. The van der Waals surface area contributed by atoms with Crippen molar-refractivity contribution in [1.82, 2.24) is 14.9 Å². The van der Waals surface area contributed by atoms with E-state index in [1.54, 1.807) is 0 Å². The molecule has 0 radical (unpaired) electrons. The van der Waals surface area contributed by atoms with E-state index in [0.717, 1.165) is 50.5 Å². The molecular formula is C12H21N5. The van der Waals surface area contributed by atoms with E-state index in [9.17, 15) is 0 Å². The average Bonchev–Trinajstić information content (AvgIpc) is 2.35. The van der Waals surface area contributed by atoms with Crippen molar-refractivity contribution < 1.29 is 0 Å². The number of hydrogen-bond donors (Lipinski definition) is 2. The monoisotopic (exact) mass is 235 g/mol. The lowest BCUT2D eigenvalue weighted by atomic mass is 10.1. The third-order valence-electron chi connectivity index (χ3n) is 3.15. The van der Waals surface area contributed by atoms with Crippen molar-refractivity contribution in [3.05, 3.63) is 18.0 Å². The Kier molecular flexibility index (Phi) is 4.28. The molecule has 1 fully saturated rings. The molecule has 1 aliphatic rings. The molecule has 94 valence electrons. The quantitative estimate of drug-likeness (QED) is 0.801. The molecule has 2 rings (SSSR count). The Labute approximate surface area is 102 Å². The van der Waals surface area contributed by atoms with Crippen molar-refractivity contribution in [2.24, 2.45) is 5.73 Å². The Bertz CT molecular complexity index is 329. The fourth-order valence-corrected chi connectivity index (χ4v) is 2.13. The number of rotatable bonds is 4. The summed E-state index contributed by atoms with van der Waals surface area (Å²) in [5.41, 5.74) is 6.65. The van der Waals surface area contributed by atoms with Crippen LogP contribution in [0.3, 0.4) is 0 Å². The van der Waals surface area contributed by atoms with Crippen LogP contribution in [-0.4, -0.2) is 47.1 Å². The summed E-state index contributed by atoms with van der Waals surface area (Å²) >= 11 is 0. The van der Waals surface area contributed by atoms with Gasteiger partial charge in [0.1, 0.15) is 0 Å². The van der Waals surface area contributed by atoms with Gasteiger partial charge >= 0.3 is 0 Å². The van der Waals surface area contributed by atoms with Crippen molar-refractivity contribution in [3.8, 4) is 0 Å². The smallest absolute Gasteiger partial charge is 0.222 e. The van der Waals surface area contributed by atoms with E-state index in [1.165, 1.54) is 0 Å². The minimum Gasteiger partial charge on any atom is -0.351 e. The second-order valence-corrected chi connectivity index (χ2v) is 4.63. The molecule has 3 N–H and O–H groups in total. The molecule has 0 atom stereocenters. The van der Waals surface area contributed by atoms with Gasteiger partial charge in [0.05, 0.1) is 0 Å². The second-order valence-electron chi connectivity index (χ2n) is 4.63. The number of nitrogens with one attached hydrogen (secondary N) is 1. The summed E-state index contributed by atoms with van der Waals surface area (Å²) in [5, 5.41) is 3.39. The molecule has 0 spiro atoms. The predicted molar refractivity (Wildman–Crippen MR) is 68.9 cm³/mol. The van der Waals surface area contributed by atoms with E-state index in [2.05, 4.69) is 20.2 Å². The van der Waals surface area contributed by atoms with Crippen LogP contribution in [0.4, 0.5) is 5.95 Å². The lowest BCUT2D eigenvalue weighted by Crippen LogP contribution is -2.41. The molecule has 0 unspecified atom stereocenters. The normalized spacial score (nSPS) is 18.2. The van der Waals surface area contributed by atoms with Crippen LogP contribution in [0.15, 0.2) is 12.4 Å². The molecule has 0 aromatic carbocycles. The van der Waals surface area contributed by atoms with Gasteiger partial charge in [-0.15, -0.1) is 0 Å². The number of likely N-dealkylation sites (tertiary alicyclic amines) is 1. The summed E-state index contributed by atoms with van der Waals surface area (Å²) in [6.07, 6.45) is 5.96. The number of anilines is 1. The van der Waals surface area contributed by atoms with Gasteiger partial charge in [-0.25, -0.2) is 9.97 Å². The maximum absolute atomic E-state index is 5.55. The van der Waals surface area contributed by atoms with Crippen molar-refractivity contribution >= 4 is 5.95 Å². The second kappa shape index (κ2) is 5.93. The molecular weight excluding hydrogens is 214 g/mol. The zero-order valence-corrected chi connectivity index (χ0v) is 10.4. The van der Waals surface area contributed by atoms with E-state index < -0.39 is 0 Å². The van der Waals surface area contributed by atoms with Crippen LogP contribution in [-0.2, 0) is 0 Å². The van der Waals surface area contributed by atoms with Crippen LogP contribution in [0.1, 0.15) is 18.4 Å². The van der Waals surface area contributed by atoms with Crippen LogP contribution < -0.4 is 11.1 Å². The zero-order valence-electron chi connectivity index (χ0n) is 10.4. The highest BCUT2D eigenvalue weighted by Crippen LogP contribution is 2.13. The highest BCUT2D eigenvalue weighted by atomic mass is 15.2. The van der Waals surface area contributed by atoms with Gasteiger partial charge in [-0.2, -0.15) is 0 Å². The van der Waals surface area contributed by atoms with Gasteiger partial charge in [-0.3, -0.25) is 0 Å². The van der Waals surface area contributed by atoms with E-state index in [4.69, 9.17) is 5.73 Å². The van der Waals surface area contributed by atoms with Crippen LogP contribution in [0, 0.1) is 6.92 Å². The molecule has 1 aliphatic heterocycles. The molecule has 0 amide bonds. The molecule has 1 aromatic rings. The maximum atomic E-state index is 5.55. The van der Waals surface area contributed by atoms with Crippen LogP contribution >= 0.6 is 0 Å². The summed E-state index contributed by atoms with van der Waals surface area (Å²) < 4.78 is 0. The van der Waals surface area contributed by atoms with Gasteiger partial charge in [-0.1, -0.05) is 0 Å². The molecule has 1 saturated heterocycles. The summed E-state index contributed by atoms with van der Waals surface area (Å²) in [4.78, 5) is 11.0. The lowest BCUT2D eigenvalue weighted by Gasteiger charge is -2.31. The number of piperidine rings is 1. The maximum Gasteiger partial charge on any atom is 0.222 e.